The summed E-state index contributed by atoms with van der Waals surface area (Å²) in [5, 5.41) is 12.9. The maximum atomic E-state index is 5.99. The minimum Gasteiger partial charge on any atom is -0.459 e. The van der Waals surface area contributed by atoms with E-state index in [1.54, 1.807) is 0 Å². The zero-order valence-corrected chi connectivity index (χ0v) is 17.5. The summed E-state index contributed by atoms with van der Waals surface area (Å²) in [7, 11) is 3.97. The van der Waals surface area contributed by atoms with Crippen molar-refractivity contribution in [1.29, 1.82) is 0 Å². The number of aryl methyl sites for hydroxylation is 1. The largest absolute Gasteiger partial charge is 0.459 e. The first kappa shape index (κ1) is 19.7. The van der Waals surface area contributed by atoms with Crippen molar-refractivity contribution >= 4 is 16.9 Å². The molecule has 0 bridgehead atoms. The molecule has 30 heavy (non-hydrogen) atoms. The van der Waals surface area contributed by atoms with Gasteiger partial charge in [-0.25, -0.2) is 4.99 Å². The fraction of sp³-hybridized carbons (Fsp3) is 0.261. The predicted molar refractivity (Wildman–Crippen MR) is 118 cm³/mol. The van der Waals surface area contributed by atoms with Gasteiger partial charge in [0.05, 0.1) is 19.6 Å². The van der Waals surface area contributed by atoms with Gasteiger partial charge in [0.25, 0.3) is 0 Å². The average Bonchev–Trinajstić information content (AvgIpc) is 3.31. The van der Waals surface area contributed by atoms with E-state index in [1.807, 2.05) is 62.0 Å². The first-order valence-corrected chi connectivity index (χ1v) is 9.96. The van der Waals surface area contributed by atoms with Crippen LogP contribution in [0.4, 0.5) is 0 Å². The number of hydrogen-bond donors (Lipinski definition) is 1. The van der Waals surface area contributed by atoms with Crippen LogP contribution in [0.15, 0.2) is 70.1 Å². The van der Waals surface area contributed by atoms with Crippen molar-refractivity contribution in [2.24, 2.45) is 12.0 Å². The smallest absolute Gasteiger partial charge is 0.194 e. The van der Waals surface area contributed by atoms with Crippen LogP contribution in [0.25, 0.3) is 11.0 Å². The molecule has 0 atom stereocenters. The van der Waals surface area contributed by atoms with Gasteiger partial charge in [0.1, 0.15) is 17.2 Å². The molecule has 0 saturated carbocycles. The van der Waals surface area contributed by atoms with Gasteiger partial charge in [0.15, 0.2) is 11.8 Å². The van der Waals surface area contributed by atoms with Crippen molar-refractivity contribution in [3.63, 3.8) is 0 Å². The van der Waals surface area contributed by atoms with Gasteiger partial charge in [-0.1, -0.05) is 48.5 Å². The number of furan rings is 1. The van der Waals surface area contributed by atoms with Gasteiger partial charge in [0, 0.05) is 19.5 Å². The molecule has 4 rings (SSSR count). The monoisotopic (exact) mass is 402 g/mol. The number of nitrogens with zero attached hydrogens (tertiary/aromatic N) is 5. The van der Waals surface area contributed by atoms with Crippen LogP contribution in [0, 0.1) is 6.92 Å². The van der Waals surface area contributed by atoms with Crippen LogP contribution in [0.2, 0.25) is 0 Å². The minimum atomic E-state index is 0.537. The number of para-hydroxylation sites is 1. The second-order valence-corrected chi connectivity index (χ2v) is 7.31. The SMILES string of the molecule is Cc1nnc(CNC(=NCc2ccccc2)N(C)Cc2cc3ccccc3o2)n1C. The van der Waals surface area contributed by atoms with Crippen LogP contribution in [-0.4, -0.2) is 32.7 Å². The molecular formula is C23H26N6O. The number of hydrogen-bond acceptors (Lipinski definition) is 4. The fourth-order valence-corrected chi connectivity index (χ4v) is 3.25. The molecule has 0 radical (unpaired) electrons. The molecule has 2 aromatic carbocycles. The van der Waals surface area contributed by atoms with E-state index in [0.29, 0.717) is 19.6 Å². The summed E-state index contributed by atoms with van der Waals surface area (Å²) in [5.41, 5.74) is 2.05. The first-order valence-electron chi connectivity index (χ1n) is 9.96. The molecule has 0 unspecified atom stereocenters. The third kappa shape index (κ3) is 4.51. The molecule has 0 spiro atoms. The summed E-state index contributed by atoms with van der Waals surface area (Å²) in [6, 6.07) is 20.3. The Bertz CT molecular complexity index is 1110. The number of fused-ring (bicyclic) bond motifs is 1. The standard InChI is InChI=1S/C23H26N6O/c1-17-26-27-22(29(17)3)15-25-23(24-14-18-9-5-4-6-10-18)28(2)16-20-13-19-11-7-8-12-21(19)30-20/h4-13H,14-16H2,1-3H3,(H,24,25). The summed E-state index contributed by atoms with van der Waals surface area (Å²) in [6.07, 6.45) is 0. The number of benzene rings is 2. The molecule has 0 amide bonds. The van der Waals surface area contributed by atoms with Crippen molar-refractivity contribution in [3.8, 4) is 0 Å². The lowest BCUT2D eigenvalue weighted by molar-refractivity contribution is 0.410. The number of guanidine groups is 1. The highest BCUT2D eigenvalue weighted by Gasteiger charge is 2.13. The molecule has 2 aromatic heterocycles. The Kier molecular flexibility index (Phi) is 5.79. The Balaban J connectivity index is 1.52. The normalized spacial score (nSPS) is 11.8. The first-order chi connectivity index (χ1) is 14.6. The van der Waals surface area contributed by atoms with E-state index in [2.05, 4.69) is 44.7 Å². The molecule has 4 aromatic rings. The lowest BCUT2D eigenvalue weighted by Gasteiger charge is -2.21. The summed E-state index contributed by atoms with van der Waals surface area (Å²) in [5.74, 6) is 3.41. The number of aliphatic imine (C=N–C) groups is 1. The molecule has 0 aliphatic rings. The van der Waals surface area contributed by atoms with Gasteiger partial charge < -0.3 is 19.2 Å². The number of aromatic nitrogens is 3. The van der Waals surface area contributed by atoms with Crippen LogP contribution in [-0.2, 0) is 26.7 Å². The number of rotatable bonds is 6. The van der Waals surface area contributed by atoms with Crippen molar-refractivity contribution in [3.05, 3.63) is 83.6 Å². The van der Waals surface area contributed by atoms with Gasteiger partial charge in [-0.05, 0) is 24.6 Å². The van der Waals surface area contributed by atoms with Crippen molar-refractivity contribution in [2.45, 2.75) is 26.6 Å². The zero-order valence-electron chi connectivity index (χ0n) is 17.5. The molecule has 2 heterocycles. The van der Waals surface area contributed by atoms with Crippen LogP contribution >= 0.6 is 0 Å². The topological polar surface area (TPSA) is 71.5 Å². The molecule has 7 nitrogen and oxygen atoms in total. The van der Waals surface area contributed by atoms with E-state index in [1.165, 1.54) is 0 Å². The van der Waals surface area contributed by atoms with Gasteiger partial charge >= 0.3 is 0 Å². The molecule has 0 aliphatic carbocycles. The Morgan fingerprint density at radius 2 is 1.87 bits per heavy atom. The Morgan fingerprint density at radius 1 is 1.10 bits per heavy atom. The summed E-state index contributed by atoms with van der Waals surface area (Å²) < 4.78 is 7.96. The average molecular weight is 403 g/mol. The lowest BCUT2D eigenvalue weighted by atomic mass is 10.2. The maximum Gasteiger partial charge on any atom is 0.194 e. The van der Waals surface area contributed by atoms with E-state index in [-0.39, 0.29) is 0 Å². The summed E-state index contributed by atoms with van der Waals surface area (Å²) in [6.45, 7) is 3.67. The van der Waals surface area contributed by atoms with Gasteiger partial charge in [-0.3, -0.25) is 0 Å². The molecular weight excluding hydrogens is 376 g/mol. The van der Waals surface area contributed by atoms with Crippen molar-refractivity contribution < 1.29 is 4.42 Å². The Morgan fingerprint density at radius 3 is 2.60 bits per heavy atom. The highest BCUT2D eigenvalue weighted by molar-refractivity contribution is 5.80. The highest BCUT2D eigenvalue weighted by Crippen LogP contribution is 2.19. The van der Waals surface area contributed by atoms with Gasteiger partial charge in [0.2, 0.25) is 0 Å². The van der Waals surface area contributed by atoms with E-state index >= 15 is 0 Å². The minimum absolute atomic E-state index is 0.537. The predicted octanol–water partition coefficient (Wildman–Crippen LogP) is 3.65. The molecule has 0 fully saturated rings. The van der Waals surface area contributed by atoms with Gasteiger partial charge in [-0.2, -0.15) is 0 Å². The van der Waals surface area contributed by atoms with E-state index in [9.17, 15) is 0 Å². The molecule has 7 heteroatoms. The quantitative estimate of drug-likeness (QED) is 0.394. The molecule has 1 N–H and O–H groups in total. The zero-order chi connectivity index (χ0) is 20.9. The van der Waals surface area contributed by atoms with Crippen molar-refractivity contribution in [1.82, 2.24) is 25.0 Å². The molecule has 0 aliphatic heterocycles. The van der Waals surface area contributed by atoms with E-state index < -0.39 is 0 Å². The lowest BCUT2D eigenvalue weighted by Crippen LogP contribution is -2.38. The van der Waals surface area contributed by atoms with Crippen molar-refractivity contribution in [2.75, 3.05) is 7.05 Å². The third-order valence-corrected chi connectivity index (χ3v) is 5.07. The molecule has 154 valence electrons. The van der Waals surface area contributed by atoms with Crippen LogP contribution < -0.4 is 5.32 Å². The number of nitrogens with one attached hydrogen (secondary N) is 1. The summed E-state index contributed by atoms with van der Waals surface area (Å²) >= 11 is 0. The van der Waals surface area contributed by atoms with Crippen LogP contribution in [0.1, 0.15) is 23.0 Å². The van der Waals surface area contributed by atoms with Gasteiger partial charge in [-0.15, -0.1) is 10.2 Å². The maximum absolute atomic E-state index is 5.99. The van der Waals surface area contributed by atoms with E-state index in [0.717, 1.165) is 39.9 Å². The second-order valence-electron chi connectivity index (χ2n) is 7.31. The van der Waals surface area contributed by atoms with Crippen LogP contribution in [0.3, 0.4) is 0 Å². The molecule has 0 saturated heterocycles. The van der Waals surface area contributed by atoms with Crippen LogP contribution in [0.5, 0.6) is 0 Å². The third-order valence-electron chi connectivity index (χ3n) is 5.07. The highest BCUT2D eigenvalue weighted by atomic mass is 16.3. The Labute approximate surface area is 176 Å². The summed E-state index contributed by atoms with van der Waals surface area (Å²) in [4.78, 5) is 6.89. The second kappa shape index (κ2) is 8.82. The fourth-order valence-electron chi connectivity index (χ4n) is 3.25. The Hall–Kier alpha value is -3.61. The van der Waals surface area contributed by atoms with E-state index in [4.69, 9.17) is 9.41 Å².